The van der Waals surface area contributed by atoms with E-state index in [4.69, 9.17) is 0 Å². The lowest BCUT2D eigenvalue weighted by Gasteiger charge is -2.34. The normalized spacial score (nSPS) is 20.7. The molecule has 1 aliphatic rings. The molecule has 0 saturated heterocycles. The Bertz CT molecular complexity index is 630. The highest BCUT2D eigenvalue weighted by Gasteiger charge is 2.26. The Morgan fingerprint density at radius 2 is 1.86 bits per heavy atom. The number of nitrogens with one attached hydrogen (secondary N) is 1. The minimum Gasteiger partial charge on any atom is -0.307 e. The van der Waals surface area contributed by atoms with Gasteiger partial charge in [0.05, 0.1) is 0 Å². The van der Waals surface area contributed by atoms with E-state index in [1.54, 1.807) is 5.56 Å². The molecular weight excluding hydrogens is 266 g/mol. The van der Waals surface area contributed by atoms with Crippen LogP contribution in [0.4, 0.5) is 0 Å². The van der Waals surface area contributed by atoms with Gasteiger partial charge < -0.3 is 5.32 Å². The van der Waals surface area contributed by atoms with Gasteiger partial charge in [0.15, 0.2) is 0 Å². The van der Waals surface area contributed by atoms with Crippen LogP contribution in [0.1, 0.15) is 53.6 Å². The minimum absolute atomic E-state index is 0.493. The van der Waals surface area contributed by atoms with E-state index < -0.39 is 0 Å². The third-order valence-electron chi connectivity index (χ3n) is 4.97. The Labute approximate surface area is 134 Å². The smallest absolute Gasteiger partial charge is 0.0328 e. The monoisotopic (exact) mass is 293 g/mol. The molecule has 0 aromatic heterocycles. The number of aryl methyl sites for hydroxylation is 3. The molecule has 1 nitrogen and oxygen atoms in total. The minimum atomic E-state index is 0.493. The average molecular weight is 293 g/mol. The zero-order chi connectivity index (χ0) is 15.5. The molecule has 2 aromatic rings. The second-order valence-electron chi connectivity index (χ2n) is 6.70. The Balaban J connectivity index is 1.84. The summed E-state index contributed by atoms with van der Waals surface area (Å²) in [6, 6.07) is 16.7. The number of fused-ring (bicyclic) bond motifs is 1. The molecule has 0 aliphatic carbocycles. The van der Waals surface area contributed by atoms with Crippen LogP contribution in [0.3, 0.4) is 0 Å². The number of rotatable bonds is 4. The first-order chi connectivity index (χ1) is 10.7. The predicted molar refractivity (Wildman–Crippen MR) is 94.3 cm³/mol. The zero-order valence-corrected chi connectivity index (χ0v) is 14.0. The van der Waals surface area contributed by atoms with Gasteiger partial charge in [-0.05, 0) is 61.8 Å². The maximum atomic E-state index is 3.88. The molecule has 1 aliphatic heterocycles. The summed E-state index contributed by atoms with van der Waals surface area (Å²) in [7, 11) is 0. The van der Waals surface area contributed by atoms with Crippen molar-refractivity contribution in [2.75, 3.05) is 0 Å². The summed E-state index contributed by atoms with van der Waals surface area (Å²) >= 11 is 0. The lowest BCUT2D eigenvalue weighted by molar-refractivity contribution is 0.377. The highest BCUT2D eigenvalue weighted by Crippen LogP contribution is 2.32. The molecule has 0 radical (unpaired) electrons. The van der Waals surface area contributed by atoms with Crippen LogP contribution in [-0.2, 0) is 12.8 Å². The molecule has 0 bridgehead atoms. The fourth-order valence-corrected chi connectivity index (χ4v) is 3.76. The van der Waals surface area contributed by atoms with Crippen LogP contribution < -0.4 is 5.32 Å². The van der Waals surface area contributed by atoms with Gasteiger partial charge in [-0.2, -0.15) is 0 Å². The van der Waals surface area contributed by atoms with Crippen molar-refractivity contribution in [2.45, 2.75) is 58.5 Å². The second-order valence-corrected chi connectivity index (χ2v) is 6.70. The van der Waals surface area contributed by atoms with Crippen molar-refractivity contribution in [3.8, 4) is 0 Å². The van der Waals surface area contributed by atoms with Crippen LogP contribution in [0.15, 0.2) is 42.5 Å². The van der Waals surface area contributed by atoms with Gasteiger partial charge in [-0.25, -0.2) is 0 Å². The molecular formula is C21H27N. The summed E-state index contributed by atoms with van der Waals surface area (Å²) in [6.07, 6.45) is 4.70. The fraction of sp³-hybridized carbons (Fsp3) is 0.429. The molecule has 2 atom stereocenters. The summed E-state index contributed by atoms with van der Waals surface area (Å²) in [4.78, 5) is 0. The molecule has 3 rings (SSSR count). The zero-order valence-electron chi connectivity index (χ0n) is 14.0. The summed E-state index contributed by atoms with van der Waals surface area (Å²) in [5.41, 5.74) is 7.43. The van der Waals surface area contributed by atoms with E-state index in [1.807, 2.05) is 0 Å². The molecule has 0 amide bonds. The molecule has 0 saturated carbocycles. The van der Waals surface area contributed by atoms with E-state index in [2.05, 4.69) is 68.6 Å². The summed E-state index contributed by atoms with van der Waals surface area (Å²) < 4.78 is 0. The molecule has 0 spiro atoms. The second kappa shape index (κ2) is 6.66. The Morgan fingerprint density at radius 3 is 2.59 bits per heavy atom. The van der Waals surface area contributed by atoms with Crippen LogP contribution in [-0.4, -0.2) is 6.04 Å². The Hall–Kier alpha value is -1.60. The average Bonchev–Trinajstić information content (AvgIpc) is 2.53. The van der Waals surface area contributed by atoms with Crippen LogP contribution >= 0.6 is 0 Å². The van der Waals surface area contributed by atoms with Gasteiger partial charge in [0, 0.05) is 12.1 Å². The highest BCUT2D eigenvalue weighted by atomic mass is 15.0. The van der Waals surface area contributed by atoms with Crippen molar-refractivity contribution < 1.29 is 0 Å². The first-order valence-electron chi connectivity index (χ1n) is 8.57. The quantitative estimate of drug-likeness (QED) is 0.845. The van der Waals surface area contributed by atoms with E-state index in [-0.39, 0.29) is 0 Å². The third-order valence-corrected chi connectivity index (χ3v) is 4.97. The SMILES string of the molecule is CCC1Cc2c(C)cc(C)cc2C(CCc2ccccc2)N1. The highest BCUT2D eigenvalue weighted by molar-refractivity contribution is 5.42. The van der Waals surface area contributed by atoms with Gasteiger partial charge in [0.1, 0.15) is 0 Å². The maximum absolute atomic E-state index is 3.88. The van der Waals surface area contributed by atoms with Crippen molar-refractivity contribution in [3.63, 3.8) is 0 Å². The van der Waals surface area contributed by atoms with Crippen LogP contribution in [0, 0.1) is 13.8 Å². The standard InChI is InChI=1S/C21H27N/c1-4-18-14-19-16(3)12-15(2)13-20(19)21(22-18)11-10-17-8-6-5-7-9-17/h5-9,12-13,18,21-22H,4,10-11,14H2,1-3H3. The van der Waals surface area contributed by atoms with Crippen LogP contribution in [0.5, 0.6) is 0 Å². The molecule has 116 valence electrons. The Morgan fingerprint density at radius 1 is 1.09 bits per heavy atom. The molecule has 2 unspecified atom stereocenters. The molecule has 1 heterocycles. The largest absolute Gasteiger partial charge is 0.307 e. The first kappa shape index (κ1) is 15.3. The van der Waals surface area contributed by atoms with Crippen molar-refractivity contribution in [2.24, 2.45) is 0 Å². The van der Waals surface area contributed by atoms with E-state index >= 15 is 0 Å². The summed E-state index contributed by atoms with van der Waals surface area (Å²) in [5.74, 6) is 0. The van der Waals surface area contributed by atoms with E-state index in [0.29, 0.717) is 12.1 Å². The third kappa shape index (κ3) is 3.25. The van der Waals surface area contributed by atoms with Gasteiger partial charge in [0.25, 0.3) is 0 Å². The van der Waals surface area contributed by atoms with Gasteiger partial charge in [-0.1, -0.05) is 55.0 Å². The number of hydrogen-bond acceptors (Lipinski definition) is 1. The van der Waals surface area contributed by atoms with Crippen molar-refractivity contribution >= 4 is 0 Å². The van der Waals surface area contributed by atoms with Crippen molar-refractivity contribution in [1.82, 2.24) is 5.32 Å². The molecule has 22 heavy (non-hydrogen) atoms. The topological polar surface area (TPSA) is 12.0 Å². The lowest BCUT2D eigenvalue weighted by Crippen LogP contribution is -2.39. The van der Waals surface area contributed by atoms with Crippen molar-refractivity contribution in [1.29, 1.82) is 0 Å². The van der Waals surface area contributed by atoms with Gasteiger partial charge in [-0.3, -0.25) is 0 Å². The fourth-order valence-electron chi connectivity index (χ4n) is 3.76. The summed E-state index contributed by atoms with van der Waals surface area (Å²) in [6.45, 7) is 6.78. The van der Waals surface area contributed by atoms with Crippen LogP contribution in [0.2, 0.25) is 0 Å². The molecule has 0 fully saturated rings. The van der Waals surface area contributed by atoms with Crippen LogP contribution in [0.25, 0.3) is 0 Å². The van der Waals surface area contributed by atoms with E-state index in [9.17, 15) is 0 Å². The van der Waals surface area contributed by atoms with E-state index in [1.165, 1.54) is 41.5 Å². The first-order valence-corrected chi connectivity index (χ1v) is 8.57. The number of benzene rings is 2. The van der Waals surface area contributed by atoms with Gasteiger partial charge >= 0.3 is 0 Å². The number of hydrogen-bond donors (Lipinski definition) is 1. The van der Waals surface area contributed by atoms with Gasteiger partial charge in [-0.15, -0.1) is 0 Å². The van der Waals surface area contributed by atoms with Crippen molar-refractivity contribution in [3.05, 3.63) is 70.3 Å². The predicted octanol–water partition coefficient (Wildman–Crippen LogP) is 4.90. The van der Waals surface area contributed by atoms with E-state index in [0.717, 1.165) is 6.42 Å². The summed E-state index contributed by atoms with van der Waals surface area (Å²) in [5, 5.41) is 3.88. The Kier molecular flexibility index (Phi) is 4.63. The molecule has 2 aromatic carbocycles. The maximum Gasteiger partial charge on any atom is 0.0328 e. The van der Waals surface area contributed by atoms with Gasteiger partial charge in [0.2, 0.25) is 0 Å². The molecule has 1 heteroatoms. The molecule has 1 N–H and O–H groups in total. The lowest BCUT2D eigenvalue weighted by atomic mass is 9.83.